The van der Waals surface area contributed by atoms with Crippen LogP contribution in [0, 0.1) is 5.92 Å². The van der Waals surface area contributed by atoms with Crippen molar-refractivity contribution in [2.75, 3.05) is 26.3 Å². The number of rotatable bonds is 38. The summed E-state index contributed by atoms with van der Waals surface area (Å²) in [6, 6.07) is 0.505. The van der Waals surface area contributed by atoms with Gasteiger partial charge in [0.25, 0.3) is 0 Å². The van der Waals surface area contributed by atoms with Crippen LogP contribution in [0.4, 0.5) is 0 Å². The van der Waals surface area contributed by atoms with Crippen LogP contribution in [0.2, 0.25) is 0 Å². The molecule has 6 nitrogen and oxygen atoms in total. The third-order valence-corrected chi connectivity index (χ3v) is 11.2. The third kappa shape index (κ3) is 29.0. The molecule has 0 saturated carbocycles. The number of unbranched alkanes of at least 4 members (excludes halogenated alkanes) is 21. The van der Waals surface area contributed by atoms with E-state index in [1.807, 2.05) is 0 Å². The van der Waals surface area contributed by atoms with E-state index >= 15 is 0 Å². The smallest absolute Gasteiger partial charge is 0.306 e. The van der Waals surface area contributed by atoms with Crippen molar-refractivity contribution < 1.29 is 24.2 Å². The van der Waals surface area contributed by atoms with Gasteiger partial charge in [-0.3, -0.25) is 14.5 Å². The van der Waals surface area contributed by atoms with Gasteiger partial charge in [0.1, 0.15) is 6.10 Å². The number of hydrogen-bond donors (Lipinski definition) is 1. The first-order valence-electron chi connectivity index (χ1n) is 22.7. The quantitative estimate of drug-likeness (QED) is 0.0505. The van der Waals surface area contributed by atoms with Crippen LogP contribution in [-0.2, 0) is 19.1 Å². The molecular weight excluding hydrogens is 634 g/mol. The van der Waals surface area contributed by atoms with E-state index in [1.165, 1.54) is 135 Å². The summed E-state index contributed by atoms with van der Waals surface area (Å²) in [5.41, 5.74) is 0. The maximum absolute atomic E-state index is 12.8. The van der Waals surface area contributed by atoms with Crippen LogP contribution >= 0.6 is 0 Å². The Balaban J connectivity index is 2.21. The first-order valence-corrected chi connectivity index (χ1v) is 22.7. The Morgan fingerprint density at radius 2 is 1.06 bits per heavy atom. The molecular formula is C45H87NO5. The third-order valence-electron chi connectivity index (χ3n) is 11.2. The summed E-state index contributed by atoms with van der Waals surface area (Å²) >= 11 is 0. The van der Waals surface area contributed by atoms with E-state index in [0.717, 1.165) is 77.3 Å². The average Bonchev–Trinajstić information content (AvgIpc) is 3.51. The molecule has 0 bridgehead atoms. The number of aliphatic hydroxyl groups is 1. The number of hydrogen-bond acceptors (Lipinski definition) is 6. The molecule has 1 fully saturated rings. The zero-order chi connectivity index (χ0) is 37.0. The molecule has 302 valence electrons. The molecule has 1 aliphatic rings. The number of likely N-dealkylation sites (tertiary alicyclic amines) is 1. The highest BCUT2D eigenvalue weighted by molar-refractivity contribution is 5.69. The molecule has 6 heteroatoms. The number of β-amino-alcohol motifs (C(OH)–C–C–N with tert-alkyl or cyclic N) is 1. The van der Waals surface area contributed by atoms with E-state index in [1.54, 1.807) is 0 Å². The molecule has 0 spiro atoms. The van der Waals surface area contributed by atoms with Gasteiger partial charge in [0, 0.05) is 32.0 Å². The monoisotopic (exact) mass is 722 g/mol. The van der Waals surface area contributed by atoms with E-state index in [4.69, 9.17) is 9.47 Å². The molecule has 51 heavy (non-hydrogen) atoms. The Bertz CT molecular complexity index is 760. The highest BCUT2D eigenvalue weighted by Gasteiger charge is 2.30. The highest BCUT2D eigenvalue weighted by Crippen LogP contribution is 2.30. The van der Waals surface area contributed by atoms with Crippen LogP contribution in [0.15, 0.2) is 0 Å². The first kappa shape index (κ1) is 47.9. The van der Waals surface area contributed by atoms with Crippen LogP contribution in [0.3, 0.4) is 0 Å². The molecule has 2 atom stereocenters. The number of carbonyl (C=O) groups excluding carboxylic acids is 2. The maximum Gasteiger partial charge on any atom is 0.306 e. The summed E-state index contributed by atoms with van der Waals surface area (Å²) in [4.78, 5) is 27.5. The normalized spacial score (nSPS) is 16.3. The van der Waals surface area contributed by atoms with Crippen molar-refractivity contribution in [3.8, 4) is 0 Å². The number of aliphatic hydroxyl groups excluding tert-OH is 1. The molecule has 0 aromatic heterocycles. The Morgan fingerprint density at radius 3 is 1.63 bits per heavy atom. The molecule has 1 heterocycles. The summed E-state index contributed by atoms with van der Waals surface area (Å²) < 4.78 is 11.6. The van der Waals surface area contributed by atoms with Gasteiger partial charge in [-0.1, -0.05) is 156 Å². The van der Waals surface area contributed by atoms with Gasteiger partial charge in [0.2, 0.25) is 0 Å². The fourth-order valence-electron chi connectivity index (χ4n) is 8.01. The molecule has 0 aliphatic carbocycles. The standard InChI is InChI=1S/C45H87NO5/c1-4-7-10-13-16-17-18-21-29-38-50-44(48)34-28-27-31-42-39-41(40-46(42)36-37-47)30-23-22-26-35-45(49)51-43(32-24-19-14-11-8-5-2)33-25-20-15-12-9-6-3/h41-43,47H,4-40H2,1-3H3. The fourth-order valence-corrected chi connectivity index (χ4v) is 8.01. The largest absolute Gasteiger partial charge is 0.466 e. The zero-order valence-corrected chi connectivity index (χ0v) is 34.4. The van der Waals surface area contributed by atoms with Crippen LogP contribution in [0.25, 0.3) is 0 Å². The van der Waals surface area contributed by atoms with Crippen molar-refractivity contribution in [2.45, 2.75) is 245 Å². The van der Waals surface area contributed by atoms with Gasteiger partial charge < -0.3 is 14.6 Å². The molecule has 0 radical (unpaired) electrons. The summed E-state index contributed by atoms with van der Waals surface area (Å²) in [5, 5.41) is 9.67. The van der Waals surface area contributed by atoms with Crippen molar-refractivity contribution in [3.63, 3.8) is 0 Å². The molecule has 1 aliphatic heterocycles. The van der Waals surface area contributed by atoms with E-state index in [2.05, 4.69) is 25.7 Å². The van der Waals surface area contributed by atoms with Gasteiger partial charge in [0.15, 0.2) is 0 Å². The minimum Gasteiger partial charge on any atom is -0.466 e. The maximum atomic E-state index is 12.8. The molecule has 0 amide bonds. The topological polar surface area (TPSA) is 76.1 Å². The highest BCUT2D eigenvalue weighted by atomic mass is 16.5. The molecule has 2 unspecified atom stereocenters. The van der Waals surface area contributed by atoms with Crippen molar-refractivity contribution >= 4 is 11.9 Å². The lowest BCUT2D eigenvalue weighted by molar-refractivity contribution is -0.150. The van der Waals surface area contributed by atoms with Gasteiger partial charge >= 0.3 is 11.9 Å². The van der Waals surface area contributed by atoms with Crippen molar-refractivity contribution in [1.29, 1.82) is 0 Å². The van der Waals surface area contributed by atoms with Gasteiger partial charge in [-0.15, -0.1) is 0 Å². The fraction of sp³-hybridized carbons (Fsp3) is 0.956. The minimum absolute atomic E-state index is 0.0133. The van der Waals surface area contributed by atoms with Gasteiger partial charge in [-0.2, -0.15) is 0 Å². The number of carbonyl (C=O) groups is 2. The second kappa shape index (κ2) is 35.9. The molecule has 0 aromatic carbocycles. The first-order chi connectivity index (χ1) is 25.0. The van der Waals surface area contributed by atoms with E-state index in [-0.39, 0.29) is 24.6 Å². The number of esters is 2. The van der Waals surface area contributed by atoms with Crippen LogP contribution in [0.1, 0.15) is 233 Å². The van der Waals surface area contributed by atoms with Crippen molar-refractivity contribution in [1.82, 2.24) is 4.90 Å². The molecule has 1 saturated heterocycles. The van der Waals surface area contributed by atoms with Gasteiger partial charge in [0.05, 0.1) is 13.2 Å². The lowest BCUT2D eigenvalue weighted by Gasteiger charge is -2.23. The van der Waals surface area contributed by atoms with Gasteiger partial charge in [-0.05, 0) is 70.1 Å². The summed E-state index contributed by atoms with van der Waals surface area (Å²) in [7, 11) is 0. The van der Waals surface area contributed by atoms with Crippen molar-refractivity contribution in [2.24, 2.45) is 5.92 Å². The van der Waals surface area contributed by atoms with Crippen LogP contribution < -0.4 is 0 Å². The Morgan fingerprint density at radius 1 is 0.588 bits per heavy atom. The summed E-state index contributed by atoms with van der Waals surface area (Å²) in [5.74, 6) is 0.634. The number of nitrogens with zero attached hydrogens (tertiary/aromatic N) is 1. The lowest BCUT2D eigenvalue weighted by Crippen LogP contribution is -2.32. The Hall–Kier alpha value is -1.14. The Labute approximate surface area is 317 Å². The second-order valence-corrected chi connectivity index (χ2v) is 16.1. The second-order valence-electron chi connectivity index (χ2n) is 16.1. The predicted molar refractivity (Wildman–Crippen MR) is 216 cm³/mol. The Kier molecular flexibility index (Phi) is 33.7. The SMILES string of the molecule is CCCCCCCCCCCOC(=O)CCCCC1CC(CCCCCC(=O)OC(CCCCCCCC)CCCCCCCC)CN1CCO. The zero-order valence-electron chi connectivity index (χ0n) is 34.4. The van der Waals surface area contributed by atoms with Gasteiger partial charge in [-0.25, -0.2) is 0 Å². The molecule has 1 N–H and O–H groups in total. The minimum atomic E-state index is -0.0407. The summed E-state index contributed by atoms with van der Waals surface area (Å²) in [6.45, 7) is 9.36. The van der Waals surface area contributed by atoms with E-state index in [0.29, 0.717) is 31.4 Å². The van der Waals surface area contributed by atoms with Crippen molar-refractivity contribution in [3.05, 3.63) is 0 Å². The molecule has 1 rings (SSSR count). The molecule has 0 aromatic rings. The lowest BCUT2D eigenvalue weighted by atomic mass is 9.96. The number of ether oxygens (including phenoxy) is 2. The van der Waals surface area contributed by atoms with Crippen LogP contribution in [0.5, 0.6) is 0 Å². The summed E-state index contributed by atoms with van der Waals surface area (Å²) in [6.07, 6.45) is 38.6. The predicted octanol–water partition coefficient (Wildman–Crippen LogP) is 12.7. The average molecular weight is 722 g/mol. The van der Waals surface area contributed by atoms with E-state index < -0.39 is 0 Å². The van der Waals surface area contributed by atoms with E-state index in [9.17, 15) is 14.7 Å². The van der Waals surface area contributed by atoms with Crippen LogP contribution in [-0.4, -0.2) is 60.4 Å².